The van der Waals surface area contributed by atoms with Crippen molar-refractivity contribution in [2.24, 2.45) is 0 Å². The first-order chi connectivity index (χ1) is 14.0. The second-order valence-electron chi connectivity index (χ2n) is 6.52. The van der Waals surface area contributed by atoms with E-state index in [4.69, 9.17) is 4.74 Å². The van der Waals surface area contributed by atoms with Gasteiger partial charge in [0.1, 0.15) is 5.82 Å². The molecule has 0 aromatic heterocycles. The van der Waals surface area contributed by atoms with E-state index in [1.165, 1.54) is 18.2 Å². The average Bonchev–Trinajstić information content (AvgIpc) is 2.72. The van der Waals surface area contributed by atoms with E-state index in [0.717, 1.165) is 16.8 Å². The van der Waals surface area contributed by atoms with Crippen LogP contribution in [0, 0.1) is 19.7 Å². The number of esters is 1. The lowest BCUT2D eigenvalue weighted by molar-refractivity contribution is -0.119. The lowest BCUT2D eigenvalue weighted by Gasteiger charge is -2.14. The quantitative estimate of drug-likeness (QED) is 0.581. The molecule has 2 N–H and O–H groups in total. The van der Waals surface area contributed by atoms with Crippen LogP contribution in [0.4, 0.5) is 21.5 Å². The van der Waals surface area contributed by atoms with Crippen LogP contribution in [0.5, 0.6) is 0 Å². The van der Waals surface area contributed by atoms with Gasteiger partial charge in [-0.3, -0.25) is 4.79 Å². The first kappa shape index (κ1) is 20.1. The molecule has 0 saturated heterocycles. The smallest absolute Gasteiger partial charge is 0.340 e. The van der Waals surface area contributed by atoms with Gasteiger partial charge in [0, 0.05) is 5.69 Å². The van der Waals surface area contributed by atoms with Crippen molar-refractivity contribution in [1.29, 1.82) is 0 Å². The Kier molecular flexibility index (Phi) is 6.24. The summed E-state index contributed by atoms with van der Waals surface area (Å²) in [4.78, 5) is 24.5. The molecule has 148 valence electrons. The number of hydrogen-bond acceptors (Lipinski definition) is 4. The standard InChI is InChI=1S/C23H21FN2O3/c1-15-8-7-13-19(16(15)2)25-20-11-5-3-9-17(20)23(28)29-14-22(27)26-21-12-6-4-10-18(21)24/h3-13,25H,14H2,1-2H3,(H,26,27). The molecule has 0 bridgehead atoms. The van der Waals surface area contributed by atoms with Gasteiger partial charge in [-0.2, -0.15) is 0 Å². The van der Waals surface area contributed by atoms with Gasteiger partial charge in [-0.15, -0.1) is 0 Å². The van der Waals surface area contributed by atoms with E-state index in [1.807, 2.05) is 32.0 Å². The molecular formula is C23H21FN2O3. The van der Waals surface area contributed by atoms with Crippen molar-refractivity contribution in [3.05, 3.63) is 89.2 Å². The number of hydrogen-bond donors (Lipinski definition) is 2. The van der Waals surface area contributed by atoms with Crippen LogP contribution in [0.3, 0.4) is 0 Å². The van der Waals surface area contributed by atoms with Crippen LogP contribution in [0.1, 0.15) is 21.5 Å². The molecule has 0 radical (unpaired) electrons. The third-order valence-electron chi connectivity index (χ3n) is 4.50. The van der Waals surface area contributed by atoms with Crippen LogP contribution in [0.25, 0.3) is 0 Å². The zero-order valence-corrected chi connectivity index (χ0v) is 16.2. The Morgan fingerprint density at radius 3 is 2.28 bits per heavy atom. The number of ether oxygens (including phenoxy) is 1. The van der Waals surface area contributed by atoms with Gasteiger partial charge < -0.3 is 15.4 Å². The molecule has 0 heterocycles. The van der Waals surface area contributed by atoms with E-state index in [-0.39, 0.29) is 5.69 Å². The predicted molar refractivity (Wildman–Crippen MR) is 111 cm³/mol. The molecule has 5 nitrogen and oxygen atoms in total. The van der Waals surface area contributed by atoms with Crippen LogP contribution in [-0.2, 0) is 9.53 Å². The van der Waals surface area contributed by atoms with Gasteiger partial charge in [0.05, 0.1) is 16.9 Å². The maximum Gasteiger partial charge on any atom is 0.340 e. The van der Waals surface area contributed by atoms with E-state index < -0.39 is 24.3 Å². The lowest BCUT2D eigenvalue weighted by atomic mass is 10.1. The topological polar surface area (TPSA) is 67.4 Å². The van der Waals surface area contributed by atoms with Gasteiger partial charge in [-0.1, -0.05) is 36.4 Å². The summed E-state index contributed by atoms with van der Waals surface area (Å²) in [5, 5.41) is 5.62. The molecule has 0 unspecified atom stereocenters. The number of amides is 1. The molecular weight excluding hydrogens is 371 g/mol. The third-order valence-corrected chi connectivity index (χ3v) is 4.50. The van der Waals surface area contributed by atoms with Gasteiger partial charge in [0.25, 0.3) is 5.91 Å². The SMILES string of the molecule is Cc1cccc(Nc2ccccc2C(=O)OCC(=O)Nc2ccccc2F)c1C. The molecule has 3 rings (SSSR count). The molecule has 0 spiro atoms. The Labute approximate surface area is 168 Å². The van der Waals surface area contributed by atoms with Gasteiger partial charge in [0.2, 0.25) is 0 Å². The van der Waals surface area contributed by atoms with Gasteiger partial charge in [-0.05, 0) is 55.3 Å². The van der Waals surface area contributed by atoms with E-state index >= 15 is 0 Å². The fraction of sp³-hybridized carbons (Fsp3) is 0.130. The second kappa shape index (κ2) is 9.01. The number of halogens is 1. The largest absolute Gasteiger partial charge is 0.452 e. The fourth-order valence-corrected chi connectivity index (χ4v) is 2.76. The summed E-state index contributed by atoms with van der Waals surface area (Å²) in [5.41, 5.74) is 3.97. The summed E-state index contributed by atoms with van der Waals surface area (Å²) in [6, 6.07) is 18.5. The molecule has 0 aliphatic carbocycles. The zero-order chi connectivity index (χ0) is 20.8. The summed E-state index contributed by atoms with van der Waals surface area (Å²) < 4.78 is 18.7. The van der Waals surface area contributed by atoms with Crippen LogP contribution in [0.15, 0.2) is 66.7 Å². The summed E-state index contributed by atoms with van der Waals surface area (Å²) in [7, 11) is 0. The highest BCUT2D eigenvalue weighted by Gasteiger charge is 2.16. The predicted octanol–water partition coefficient (Wildman–Crippen LogP) is 4.98. The number of para-hydroxylation sites is 2. The highest BCUT2D eigenvalue weighted by atomic mass is 19.1. The monoisotopic (exact) mass is 392 g/mol. The maximum absolute atomic E-state index is 13.6. The second-order valence-corrected chi connectivity index (χ2v) is 6.52. The third kappa shape index (κ3) is 4.99. The fourth-order valence-electron chi connectivity index (χ4n) is 2.76. The van der Waals surface area contributed by atoms with Crippen molar-refractivity contribution in [3.8, 4) is 0 Å². The summed E-state index contributed by atoms with van der Waals surface area (Å²) in [6.45, 7) is 3.48. The van der Waals surface area contributed by atoms with E-state index in [1.54, 1.807) is 30.3 Å². The molecule has 6 heteroatoms. The van der Waals surface area contributed by atoms with Crippen LogP contribution < -0.4 is 10.6 Å². The maximum atomic E-state index is 13.6. The molecule has 0 saturated carbocycles. The van der Waals surface area contributed by atoms with Crippen molar-refractivity contribution in [2.45, 2.75) is 13.8 Å². The molecule has 29 heavy (non-hydrogen) atoms. The van der Waals surface area contributed by atoms with E-state index in [0.29, 0.717) is 11.3 Å². The zero-order valence-electron chi connectivity index (χ0n) is 16.2. The van der Waals surface area contributed by atoms with Crippen molar-refractivity contribution in [2.75, 3.05) is 17.2 Å². The van der Waals surface area contributed by atoms with Gasteiger partial charge in [0.15, 0.2) is 6.61 Å². The number of benzene rings is 3. The number of anilines is 3. The first-order valence-electron chi connectivity index (χ1n) is 9.09. The molecule has 3 aromatic carbocycles. The minimum Gasteiger partial charge on any atom is -0.452 e. The Bertz CT molecular complexity index is 1050. The van der Waals surface area contributed by atoms with E-state index in [9.17, 15) is 14.0 Å². The van der Waals surface area contributed by atoms with Crippen molar-refractivity contribution < 1.29 is 18.7 Å². The van der Waals surface area contributed by atoms with Gasteiger partial charge in [-0.25, -0.2) is 9.18 Å². The summed E-state index contributed by atoms with van der Waals surface area (Å²) >= 11 is 0. The highest BCUT2D eigenvalue weighted by Crippen LogP contribution is 2.25. The Hall–Kier alpha value is -3.67. The Balaban J connectivity index is 1.68. The summed E-state index contributed by atoms with van der Waals surface area (Å²) in [5.74, 6) is -1.83. The number of rotatable bonds is 6. The van der Waals surface area contributed by atoms with Gasteiger partial charge >= 0.3 is 5.97 Å². The minimum absolute atomic E-state index is 0.0329. The summed E-state index contributed by atoms with van der Waals surface area (Å²) in [6.07, 6.45) is 0. The van der Waals surface area contributed by atoms with Crippen LogP contribution in [0.2, 0.25) is 0 Å². The van der Waals surface area contributed by atoms with Crippen molar-refractivity contribution in [3.63, 3.8) is 0 Å². The number of aryl methyl sites for hydroxylation is 1. The minimum atomic E-state index is -0.651. The lowest BCUT2D eigenvalue weighted by Crippen LogP contribution is -2.21. The molecule has 0 fully saturated rings. The first-order valence-corrected chi connectivity index (χ1v) is 9.09. The highest BCUT2D eigenvalue weighted by molar-refractivity contribution is 5.99. The molecule has 0 aliphatic rings. The molecule has 1 amide bonds. The number of nitrogens with one attached hydrogen (secondary N) is 2. The Morgan fingerprint density at radius 1 is 0.862 bits per heavy atom. The van der Waals surface area contributed by atoms with Crippen LogP contribution in [-0.4, -0.2) is 18.5 Å². The number of carbonyl (C=O) groups excluding carboxylic acids is 2. The normalized spacial score (nSPS) is 10.3. The Morgan fingerprint density at radius 2 is 1.52 bits per heavy atom. The van der Waals surface area contributed by atoms with Crippen LogP contribution >= 0.6 is 0 Å². The van der Waals surface area contributed by atoms with Crippen molar-refractivity contribution >= 4 is 28.9 Å². The molecule has 0 atom stereocenters. The van der Waals surface area contributed by atoms with E-state index in [2.05, 4.69) is 10.6 Å². The van der Waals surface area contributed by atoms with Crippen molar-refractivity contribution in [1.82, 2.24) is 0 Å². The number of carbonyl (C=O) groups is 2. The molecule has 3 aromatic rings. The average molecular weight is 392 g/mol. The molecule has 0 aliphatic heterocycles.